The van der Waals surface area contributed by atoms with Crippen molar-refractivity contribution >= 4 is 21.8 Å². The first-order valence-electron chi connectivity index (χ1n) is 10.1. The molecule has 25 heavy (non-hydrogen) atoms. The number of nitrogens with zero attached hydrogens (tertiary/aromatic N) is 1. The second-order valence-corrected chi connectivity index (χ2v) is 11.1. The van der Waals surface area contributed by atoms with E-state index in [4.69, 9.17) is 0 Å². The van der Waals surface area contributed by atoms with E-state index < -0.39 is 0 Å². The van der Waals surface area contributed by atoms with Crippen LogP contribution in [0.2, 0.25) is 0 Å². The fraction of sp³-hybridized carbons (Fsp3) is 0.682. The van der Waals surface area contributed by atoms with E-state index in [2.05, 4.69) is 51.2 Å². The van der Waals surface area contributed by atoms with Crippen molar-refractivity contribution in [1.29, 1.82) is 0 Å². The number of benzene rings is 1. The number of hydrogen-bond donors (Lipinski definition) is 0. The maximum atomic E-state index is 13.3. The quantitative estimate of drug-likeness (QED) is 0.614. The first-order valence-corrected chi connectivity index (χ1v) is 10.9. The molecule has 0 aromatic heterocycles. The molecule has 5 aliphatic rings. The van der Waals surface area contributed by atoms with Gasteiger partial charge in [-0.15, -0.1) is 0 Å². The Hall–Kier alpha value is -0.830. The van der Waals surface area contributed by atoms with E-state index in [-0.39, 0.29) is 5.41 Å². The van der Waals surface area contributed by atoms with Gasteiger partial charge in [0.05, 0.1) is 6.04 Å². The van der Waals surface area contributed by atoms with Gasteiger partial charge in [-0.05, 0) is 74.2 Å². The number of likely N-dealkylation sites (tertiary alicyclic amines) is 1. The predicted octanol–water partition coefficient (Wildman–Crippen LogP) is 5.47. The van der Waals surface area contributed by atoms with Gasteiger partial charge in [0.1, 0.15) is 0 Å². The summed E-state index contributed by atoms with van der Waals surface area (Å²) in [5.74, 6) is 2.14. The summed E-state index contributed by atoms with van der Waals surface area (Å²) in [4.78, 5) is 15.5. The zero-order chi connectivity index (χ0) is 17.1. The van der Waals surface area contributed by atoms with Crippen molar-refractivity contribution in [2.75, 3.05) is 6.54 Å². The molecule has 4 saturated carbocycles. The molecule has 1 aromatic rings. The van der Waals surface area contributed by atoms with E-state index in [1.165, 1.54) is 44.1 Å². The molecular weight excluding hydrogens is 374 g/mol. The lowest BCUT2D eigenvalue weighted by molar-refractivity contribution is -0.139. The summed E-state index contributed by atoms with van der Waals surface area (Å²) in [6.07, 6.45) is 11.0. The highest BCUT2D eigenvalue weighted by atomic mass is 79.9. The van der Waals surface area contributed by atoms with Crippen LogP contribution in [0.3, 0.4) is 0 Å². The molecule has 4 aliphatic carbocycles. The average molecular weight is 402 g/mol. The van der Waals surface area contributed by atoms with Gasteiger partial charge in [0.2, 0.25) is 5.91 Å². The number of carbonyl (C=O) groups excluding carboxylic acids is 1. The summed E-state index contributed by atoms with van der Waals surface area (Å²) < 4.78 is 0.348. The van der Waals surface area contributed by atoms with Gasteiger partial charge in [0, 0.05) is 17.3 Å². The fourth-order valence-electron chi connectivity index (χ4n) is 7.05. The predicted molar refractivity (Wildman–Crippen MR) is 104 cm³/mol. The Kier molecular flexibility index (Phi) is 3.82. The van der Waals surface area contributed by atoms with Gasteiger partial charge in [0.25, 0.3) is 0 Å². The molecule has 2 nitrogen and oxygen atoms in total. The van der Waals surface area contributed by atoms with Crippen LogP contribution in [-0.4, -0.2) is 21.7 Å². The molecule has 4 bridgehead atoms. The number of hydrogen-bond acceptors (Lipinski definition) is 1. The van der Waals surface area contributed by atoms with Gasteiger partial charge >= 0.3 is 0 Å². The molecule has 5 fully saturated rings. The lowest BCUT2D eigenvalue weighted by Crippen LogP contribution is -2.54. The third kappa shape index (κ3) is 2.87. The van der Waals surface area contributed by atoms with Gasteiger partial charge in [0.15, 0.2) is 0 Å². The molecular formula is C22H28BrNO. The van der Waals surface area contributed by atoms with Gasteiger partial charge in [-0.2, -0.15) is 0 Å². The molecule has 1 aromatic carbocycles. The van der Waals surface area contributed by atoms with Crippen molar-refractivity contribution in [3.05, 3.63) is 35.9 Å². The highest BCUT2D eigenvalue weighted by Gasteiger charge is 2.57. The first-order chi connectivity index (χ1) is 12.0. The molecule has 1 saturated heterocycles. The highest BCUT2D eigenvalue weighted by molar-refractivity contribution is 9.10. The molecule has 0 N–H and O–H groups in total. The van der Waals surface area contributed by atoms with Crippen LogP contribution in [0.15, 0.2) is 30.3 Å². The third-order valence-corrected chi connectivity index (χ3v) is 8.32. The monoisotopic (exact) mass is 401 g/mol. The van der Waals surface area contributed by atoms with Crippen molar-refractivity contribution in [2.24, 2.45) is 17.3 Å². The third-order valence-electron chi connectivity index (χ3n) is 7.39. The molecule has 0 spiro atoms. The van der Waals surface area contributed by atoms with E-state index in [0.29, 0.717) is 16.3 Å². The van der Waals surface area contributed by atoms with Gasteiger partial charge < -0.3 is 4.90 Å². The van der Waals surface area contributed by atoms with Crippen molar-refractivity contribution < 1.29 is 4.79 Å². The number of carbonyl (C=O) groups is 1. The Labute approximate surface area is 159 Å². The summed E-state index contributed by atoms with van der Waals surface area (Å²) >= 11 is 4.09. The van der Waals surface area contributed by atoms with E-state index >= 15 is 0 Å². The Morgan fingerprint density at radius 2 is 1.84 bits per heavy atom. The van der Waals surface area contributed by atoms with Crippen LogP contribution in [0.1, 0.15) is 69.4 Å². The number of alkyl halides is 1. The second-order valence-electron chi connectivity index (χ2n) is 9.44. The summed E-state index contributed by atoms with van der Waals surface area (Å²) in [6.45, 7) is 0.945. The van der Waals surface area contributed by atoms with Crippen LogP contribution in [0.4, 0.5) is 0 Å². The Bertz CT molecular complexity index is 658. The van der Waals surface area contributed by atoms with Gasteiger partial charge in [-0.3, -0.25) is 4.79 Å². The van der Waals surface area contributed by atoms with Crippen LogP contribution < -0.4 is 0 Å². The largest absolute Gasteiger partial charge is 0.336 e. The van der Waals surface area contributed by atoms with Crippen LogP contribution in [0, 0.1) is 17.3 Å². The number of halogens is 1. The van der Waals surface area contributed by atoms with Crippen LogP contribution in [-0.2, 0) is 4.79 Å². The maximum Gasteiger partial charge on any atom is 0.223 e. The lowest BCUT2D eigenvalue weighted by atomic mass is 9.48. The lowest BCUT2D eigenvalue weighted by Gasteiger charge is -2.60. The minimum atomic E-state index is 0.286. The van der Waals surface area contributed by atoms with Crippen molar-refractivity contribution in [3.8, 4) is 0 Å². The zero-order valence-electron chi connectivity index (χ0n) is 14.9. The van der Waals surface area contributed by atoms with E-state index in [1.54, 1.807) is 0 Å². The smallest absolute Gasteiger partial charge is 0.223 e. The molecule has 3 atom stereocenters. The van der Waals surface area contributed by atoms with Crippen LogP contribution in [0.5, 0.6) is 0 Å². The number of rotatable bonds is 3. The topological polar surface area (TPSA) is 20.3 Å². The number of amides is 1. The molecule has 1 amide bonds. The summed E-state index contributed by atoms with van der Waals surface area (Å²) in [5, 5.41) is 0. The Morgan fingerprint density at radius 3 is 2.52 bits per heavy atom. The summed E-state index contributed by atoms with van der Waals surface area (Å²) in [7, 11) is 0. The Morgan fingerprint density at radius 1 is 1.12 bits per heavy atom. The summed E-state index contributed by atoms with van der Waals surface area (Å²) in [6, 6.07) is 11.0. The Balaban J connectivity index is 1.35. The molecule has 3 unspecified atom stereocenters. The first kappa shape index (κ1) is 16.4. The molecule has 3 heteroatoms. The second kappa shape index (κ2) is 5.84. The maximum absolute atomic E-state index is 13.3. The van der Waals surface area contributed by atoms with Crippen LogP contribution >= 0.6 is 15.9 Å². The molecule has 6 rings (SSSR count). The minimum Gasteiger partial charge on any atom is -0.336 e. The molecule has 1 heterocycles. The van der Waals surface area contributed by atoms with Gasteiger partial charge in [-0.25, -0.2) is 0 Å². The van der Waals surface area contributed by atoms with Gasteiger partial charge in [-0.1, -0.05) is 46.3 Å². The van der Waals surface area contributed by atoms with Crippen LogP contribution in [0.25, 0.3) is 0 Å². The molecule has 0 radical (unpaired) electrons. The van der Waals surface area contributed by atoms with Crippen molar-refractivity contribution in [2.45, 2.75) is 68.2 Å². The van der Waals surface area contributed by atoms with E-state index in [9.17, 15) is 4.79 Å². The normalized spacial score (nSPS) is 42.1. The van der Waals surface area contributed by atoms with E-state index in [0.717, 1.165) is 37.6 Å². The van der Waals surface area contributed by atoms with Crippen molar-refractivity contribution in [1.82, 2.24) is 4.90 Å². The molecule has 134 valence electrons. The standard InChI is InChI=1S/C22H28BrNO/c23-22-12-16-9-17(13-22)11-21(10-16,15-22)14-20(25)24-8-4-7-19(24)18-5-2-1-3-6-18/h1-3,5-6,16-17,19H,4,7-15H2. The SMILES string of the molecule is O=C(CC12CC3CC(CC(Br)(C3)C1)C2)N1CCCC1c1ccccc1. The minimum absolute atomic E-state index is 0.286. The average Bonchev–Trinajstić information content (AvgIpc) is 3.02. The summed E-state index contributed by atoms with van der Waals surface area (Å²) in [5.41, 5.74) is 1.60. The highest BCUT2D eigenvalue weighted by Crippen LogP contribution is 2.65. The van der Waals surface area contributed by atoms with Crippen molar-refractivity contribution in [3.63, 3.8) is 0 Å². The fourth-order valence-corrected chi connectivity index (χ4v) is 8.56. The molecule has 1 aliphatic heterocycles. The zero-order valence-corrected chi connectivity index (χ0v) is 16.5. The van der Waals surface area contributed by atoms with E-state index in [1.807, 2.05) is 0 Å².